The number of carbonyl (C=O) groups excluding carboxylic acids is 1. The van der Waals surface area contributed by atoms with E-state index >= 15 is 0 Å². The molecule has 1 aliphatic rings. The molecule has 1 amide bonds. The predicted molar refractivity (Wildman–Crippen MR) is 112 cm³/mol. The smallest absolute Gasteiger partial charge is 0.449 e. The number of carbonyl (C=O) groups is 1. The summed E-state index contributed by atoms with van der Waals surface area (Å²) in [5.41, 5.74) is -2.15. The van der Waals surface area contributed by atoms with Gasteiger partial charge in [-0.3, -0.25) is 4.79 Å². The van der Waals surface area contributed by atoms with Crippen LogP contribution in [-0.2, 0) is 17.5 Å². The summed E-state index contributed by atoms with van der Waals surface area (Å²) in [6.45, 7) is 7.13. The van der Waals surface area contributed by atoms with Crippen molar-refractivity contribution in [3.05, 3.63) is 39.8 Å². The largest absolute Gasteiger partial charge is 0.458 e. The molecular weight excluding hydrogens is 446 g/mol. The lowest BCUT2D eigenvalue weighted by Crippen LogP contribution is -2.35. The highest BCUT2D eigenvalue weighted by Gasteiger charge is 2.39. The first-order chi connectivity index (χ1) is 15.3. The molecule has 33 heavy (non-hydrogen) atoms. The molecule has 7 nitrogen and oxygen atoms in total. The molecule has 0 spiro atoms. The molecule has 1 fully saturated rings. The van der Waals surface area contributed by atoms with Crippen molar-refractivity contribution in [2.75, 3.05) is 13.1 Å². The molecule has 0 N–H and O–H groups in total. The quantitative estimate of drug-likeness (QED) is 0.491. The fraction of sp³-hybridized carbons (Fsp3) is 0.500. The van der Waals surface area contributed by atoms with E-state index in [1.54, 1.807) is 20.8 Å². The zero-order chi connectivity index (χ0) is 24.3. The molecule has 3 aromatic rings. The van der Waals surface area contributed by atoms with Crippen LogP contribution in [0.3, 0.4) is 0 Å². The number of rotatable bonds is 2. The van der Waals surface area contributed by atoms with Crippen LogP contribution in [0.5, 0.6) is 0 Å². The van der Waals surface area contributed by atoms with Crippen molar-refractivity contribution in [1.82, 2.24) is 14.5 Å². The van der Waals surface area contributed by atoms with E-state index < -0.39 is 40.5 Å². The normalized spacial score (nSPS) is 17.3. The summed E-state index contributed by atoms with van der Waals surface area (Å²) in [6.07, 6.45) is -4.85. The van der Waals surface area contributed by atoms with Crippen LogP contribution in [0.15, 0.2) is 21.3 Å². The van der Waals surface area contributed by atoms with Crippen molar-refractivity contribution >= 4 is 28.1 Å². The second-order valence-corrected chi connectivity index (χ2v) is 9.03. The highest BCUT2D eigenvalue weighted by atomic mass is 19.4. The lowest BCUT2D eigenvalue weighted by atomic mass is 10.0. The number of fused-ring (bicyclic) bond motifs is 3. The highest BCUT2D eigenvalue weighted by Crippen LogP contribution is 2.36. The van der Waals surface area contributed by atoms with Crippen LogP contribution in [-0.4, -0.2) is 39.2 Å². The maximum absolute atomic E-state index is 14.6. The summed E-state index contributed by atoms with van der Waals surface area (Å²) in [5.74, 6) is -2.46. The summed E-state index contributed by atoms with van der Waals surface area (Å²) >= 11 is 0. The number of ether oxygens (including phenoxy) is 1. The molecule has 0 saturated carbocycles. The van der Waals surface area contributed by atoms with Gasteiger partial charge in [-0.15, -0.1) is 0 Å². The van der Waals surface area contributed by atoms with Gasteiger partial charge in [0, 0.05) is 31.6 Å². The lowest BCUT2D eigenvalue weighted by Gasteiger charge is -2.24. The minimum atomic E-state index is -4.81. The lowest BCUT2D eigenvalue weighted by molar-refractivity contribution is -0.146. The Morgan fingerprint density at radius 2 is 1.97 bits per heavy atom. The number of nitrogens with zero attached hydrogens (tertiary/aromatic N) is 3. The fourth-order valence-electron chi connectivity index (χ4n) is 4.09. The molecule has 0 aliphatic carbocycles. The molecule has 1 aromatic carbocycles. The second kappa shape index (κ2) is 7.74. The van der Waals surface area contributed by atoms with Crippen LogP contribution >= 0.6 is 0 Å². The Hall–Kier alpha value is -3.11. The maximum atomic E-state index is 14.6. The number of amides is 1. The number of likely N-dealkylation sites (tertiary alicyclic amines) is 1. The Kier molecular flexibility index (Phi) is 5.41. The standard InChI is InChI=1S/C22H23F4N3O4/c1-5-29-17-16(27-19(29)22(24,25)26)13(23)8-12-14(30)9-15(32-18(12)17)11-6-7-28(10-11)20(31)33-21(2,3)4/h8-9,11H,5-7,10H2,1-4H3. The Labute approximate surface area is 185 Å². The fourth-order valence-corrected chi connectivity index (χ4v) is 4.09. The maximum Gasteiger partial charge on any atom is 0.449 e. The zero-order valence-electron chi connectivity index (χ0n) is 18.5. The van der Waals surface area contributed by atoms with Crippen LogP contribution in [0, 0.1) is 5.82 Å². The molecule has 3 heterocycles. The van der Waals surface area contributed by atoms with E-state index in [9.17, 15) is 27.2 Å². The Balaban J connectivity index is 1.82. The van der Waals surface area contributed by atoms with Gasteiger partial charge in [-0.1, -0.05) is 0 Å². The molecule has 2 aromatic heterocycles. The van der Waals surface area contributed by atoms with Crippen molar-refractivity contribution in [1.29, 1.82) is 0 Å². The first kappa shape index (κ1) is 23.1. The number of aryl methyl sites for hydroxylation is 1. The van der Waals surface area contributed by atoms with Crippen LogP contribution < -0.4 is 5.43 Å². The van der Waals surface area contributed by atoms with Crippen molar-refractivity contribution in [2.45, 2.75) is 58.4 Å². The van der Waals surface area contributed by atoms with Crippen molar-refractivity contribution in [2.24, 2.45) is 0 Å². The number of imidazole rings is 1. The van der Waals surface area contributed by atoms with Gasteiger partial charge in [0.25, 0.3) is 0 Å². The number of hydrogen-bond acceptors (Lipinski definition) is 5. The van der Waals surface area contributed by atoms with E-state index in [1.165, 1.54) is 17.9 Å². The van der Waals surface area contributed by atoms with E-state index in [-0.39, 0.29) is 41.3 Å². The molecule has 0 radical (unpaired) electrons. The van der Waals surface area contributed by atoms with E-state index in [2.05, 4.69) is 4.98 Å². The van der Waals surface area contributed by atoms with E-state index in [0.29, 0.717) is 13.0 Å². The molecule has 0 bridgehead atoms. The topological polar surface area (TPSA) is 77.6 Å². The molecule has 178 valence electrons. The van der Waals surface area contributed by atoms with Crippen molar-refractivity contribution in [3.63, 3.8) is 0 Å². The van der Waals surface area contributed by atoms with E-state index in [0.717, 1.165) is 10.6 Å². The zero-order valence-corrected chi connectivity index (χ0v) is 18.5. The van der Waals surface area contributed by atoms with Gasteiger partial charge >= 0.3 is 12.3 Å². The van der Waals surface area contributed by atoms with Gasteiger partial charge in [0.05, 0.1) is 5.39 Å². The van der Waals surface area contributed by atoms with Crippen molar-refractivity contribution < 1.29 is 31.5 Å². The number of alkyl halides is 3. The molecule has 4 rings (SSSR count). The summed E-state index contributed by atoms with van der Waals surface area (Å²) in [7, 11) is 0. The Morgan fingerprint density at radius 3 is 2.58 bits per heavy atom. The highest BCUT2D eigenvalue weighted by molar-refractivity contribution is 6.01. The van der Waals surface area contributed by atoms with Crippen LogP contribution in [0.4, 0.5) is 22.4 Å². The summed E-state index contributed by atoms with van der Waals surface area (Å²) < 4.78 is 67.2. The van der Waals surface area contributed by atoms with Crippen LogP contribution in [0.2, 0.25) is 0 Å². The van der Waals surface area contributed by atoms with Gasteiger partial charge in [0.1, 0.15) is 22.4 Å². The Morgan fingerprint density at radius 1 is 1.27 bits per heavy atom. The van der Waals surface area contributed by atoms with Gasteiger partial charge in [-0.05, 0) is 40.2 Å². The third kappa shape index (κ3) is 4.16. The average Bonchev–Trinajstić information content (AvgIpc) is 3.32. The van der Waals surface area contributed by atoms with Gasteiger partial charge in [0.15, 0.2) is 16.8 Å². The molecule has 11 heteroatoms. The molecule has 1 aliphatic heterocycles. The predicted octanol–water partition coefficient (Wildman–Crippen LogP) is 5.04. The molecule has 1 atom stereocenters. The first-order valence-corrected chi connectivity index (χ1v) is 10.5. The first-order valence-electron chi connectivity index (χ1n) is 10.5. The van der Waals surface area contributed by atoms with Crippen LogP contribution in [0.1, 0.15) is 51.6 Å². The van der Waals surface area contributed by atoms with Gasteiger partial charge in [0.2, 0.25) is 5.82 Å². The summed E-state index contributed by atoms with van der Waals surface area (Å²) in [4.78, 5) is 30.1. The third-order valence-corrected chi connectivity index (χ3v) is 5.50. The van der Waals surface area contributed by atoms with Crippen LogP contribution in [0.25, 0.3) is 22.0 Å². The monoisotopic (exact) mass is 469 g/mol. The van der Waals surface area contributed by atoms with Crippen molar-refractivity contribution in [3.8, 4) is 0 Å². The van der Waals surface area contributed by atoms with Gasteiger partial charge in [-0.25, -0.2) is 14.2 Å². The summed E-state index contributed by atoms with van der Waals surface area (Å²) in [6, 6.07) is 2.05. The number of benzene rings is 1. The number of halogens is 4. The molecule has 1 saturated heterocycles. The number of aromatic nitrogens is 2. The second-order valence-electron chi connectivity index (χ2n) is 9.03. The van der Waals surface area contributed by atoms with E-state index in [4.69, 9.17) is 9.15 Å². The molecule has 1 unspecified atom stereocenters. The Bertz CT molecular complexity index is 1300. The number of hydrogen-bond donors (Lipinski definition) is 0. The third-order valence-electron chi connectivity index (χ3n) is 5.50. The van der Waals surface area contributed by atoms with Gasteiger partial charge in [-0.2, -0.15) is 13.2 Å². The summed E-state index contributed by atoms with van der Waals surface area (Å²) in [5, 5.41) is -0.172. The SMILES string of the molecule is CCn1c(C(F)(F)F)nc2c(F)cc3c(=O)cc(C4CCN(C(=O)OC(C)(C)C)C4)oc3c21. The minimum Gasteiger partial charge on any atom is -0.458 e. The van der Waals surface area contributed by atoms with E-state index in [1.807, 2.05) is 0 Å². The molecular formula is C22H23F4N3O4. The van der Waals surface area contributed by atoms with Gasteiger partial charge < -0.3 is 18.6 Å². The average molecular weight is 469 g/mol. The minimum absolute atomic E-state index is 0.158.